The van der Waals surface area contributed by atoms with Gasteiger partial charge >= 0.3 is 0 Å². The highest BCUT2D eigenvalue weighted by atomic mass is 127. The predicted molar refractivity (Wildman–Crippen MR) is 72.9 cm³/mol. The fourth-order valence-corrected chi connectivity index (χ4v) is 1.76. The fourth-order valence-electron chi connectivity index (χ4n) is 1.24. The second-order valence-electron chi connectivity index (χ2n) is 3.12. The molecule has 2 heteroatoms. The molecule has 0 saturated heterocycles. The number of aliphatic imine (C=N–C) groups is 1. The lowest BCUT2D eigenvalue weighted by atomic mass is 10.2. The van der Waals surface area contributed by atoms with Gasteiger partial charge in [0.15, 0.2) is 0 Å². The van der Waals surface area contributed by atoms with Crippen molar-refractivity contribution < 1.29 is 0 Å². The third-order valence-electron chi connectivity index (χ3n) is 2.01. The van der Waals surface area contributed by atoms with E-state index in [1.807, 2.05) is 48.7 Å². The maximum atomic E-state index is 4.41. The smallest absolute Gasteiger partial charge is 0.0629 e. The third-order valence-corrected chi connectivity index (χ3v) is 3.00. The third kappa shape index (κ3) is 2.89. The molecule has 0 aromatic heterocycles. The van der Waals surface area contributed by atoms with Gasteiger partial charge in [0, 0.05) is 15.3 Å². The Kier molecular flexibility index (Phi) is 3.50. The molecular formula is C13H10IN. The van der Waals surface area contributed by atoms with Gasteiger partial charge in [0.25, 0.3) is 0 Å². The summed E-state index contributed by atoms with van der Waals surface area (Å²) in [6, 6.07) is 18.1. The van der Waals surface area contributed by atoms with Crippen LogP contribution in [0.25, 0.3) is 0 Å². The van der Waals surface area contributed by atoms with Crippen molar-refractivity contribution in [3.63, 3.8) is 0 Å². The SMILES string of the molecule is Ic1ccccc1C=Nc1ccccc1. The summed E-state index contributed by atoms with van der Waals surface area (Å²) in [5, 5.41) is 0. The van der Waals surface area contributed by atoms with E-state index < -0.39 is 0 Å². The van der Waals surface area contributed by atoms with Gasteiger partial charge < -0.3 is 0 Å². The molecule has 0 N–H and O–H groups in total. The molecule has 1 nitrogen and oxygen atoms in total. The first-order valence-electron chi connectivity index (χ1n) is 4.70. The van der Waals surface area contributed by atoms with Gasteiger partial charge in [-0.1, -0.05) is 36.4 Å². The van der Waals surface area contributed by atoms with Crippen molar-refractivity contribution in [1.82, 2.24) is 0 Å². The summed E-state index contributed by atoms with van der Waals surface area (Å²) in [6.45, 7) is 0. The summed E-state index contributed by atoms with van der Waals surface area (Å²) < 4.78 is 1.22. The lowest BCUT2D eigenvalue weighted by Crippen LogP contribution is -1.84. The molecule has 0 unspecified atom stereocenters. The normalized spacial score (nSPS) is 10.7. The van der Waals surface area contributed by atoms with E-state index in [1.54, 1.807) is 0 Å². The molecule has 0 radical (unpaired) electrons. The molecule has 0 fully saturated rings. The maximum Gasteiger partial charge on any atom is 0.0629 e. The topological polar surface area (TPSA) is 12.4 Å². The number of rotatable bonds is 2. The molecule has 0 aliphatic heterocycles. The van der Waals surface area contributed by atoms with E-state index in [9.17, 15) is 0 Å². The zero-order valence-corrected chi connectivity index (χ0v) is 10.3. The quantitative estimate of drug-likeness (QED) is 0.586. The van der Waals surface area contributed by atoms with Crippen molar-refractivity contribution in [2.24, 2.45) is 4.99 Å². The molecule has 0 atom stereocenters. The van der Waals surface area contributed by atoms with E-state index in [-0.39, 0.29) is 0 Å². The lowest BCUT2D eigenvalue weighted by molar-refractivity contribution is 1.51. The van der Waals surface area contributed by atoms with Crippen LogP contribution >= 0.6 is 22.6 Å². The summed E-state index contributed by atoms with van der Waals surface area (Å²) in [6.07, 6.45) is 1.90. The Hall–Kier alpha value is -1.16. The van der Waals surface area contributed by atoms with E-state index in [0.29, 0.717) is 0 Å². The van der Waals surface area contributed by atoms with Gasteiger partial charge in [-0.15, -0.1) is 0 Å². The van der Waals surface area contributed by atoms with Crippen molar-refractivity contribution >= 4 is 34.5 Å². The predicted octanol–water partition coefficient (Wildman–Crippen LogP) is 4.04. The largest absolute Gasteiger partial charge is 0.256 e. The average molecular weight is 307 g/mol. The van der Waals surface area contributed by atoms with Crippen molar-refractivity contribution in [3.05, 3.63) is 63.7 Å². The molecule has 0 saturated carbocycles. The highest BCUT2D eigenvalue weighted by Crippen LogP contribution is 2.12. The van der Waals surface area contributed by atoms with Crippen LogP contribution in [-0.2, 0) is 0 Å². The van der Waals surface area contributed by atoms with Crippen LogP contribution in [0.5, 0.6) is 0 Å². The van der Waals surface area contributed by atoms with Crippen LogP contribution < -0.4 is 0 Å². The second kappa shape index (κ2) is 5.07. The Bertz CT molecular complexity index is 463. The molecule has 74 valence electrons. The van der Waals surface area contributed by atoms with Gasteiger partial charge in [-0.05, 0) is 40.8 Å². The van der Waals surface area contributed by atoms with E-state index in [0.717, 1.165) is 11.3 Å². The zero-order chi connectivity index (χ0) is 10.5. The van der Waals surface area contributed by atoms with E-state index >= 15 is 0 Å². The number of hydrogen-bond acceptors (Lipinski definition) is 1. The number of halogens is 1. The van der Waals surface area contributed by atoms with Crippen LogP contribution in [-0.4, -0.2) is 6.21 Å². The maximum absolute atomic E-state index is 4.41. The standard InChI is InChI=1S/C13H10IN/c14-13-9-5-4-6-11(13)10-15-12-7-2-1-3-8-12/h1-10H. The Morgan fingerprint density at radius 3 is 2.27 bits per heavy atom. The number of para-hydroxylation sites is 1. The van der Waals surface area contributed by atoms with Crippen LogP contribution in [0.1, 0.15) is 5.56 Å². The molecule has 2 aromatic rings. The van der Waals surface area contributed by atoms with Crippen molar-refractivity contribution in [1.29, 1.82) is 0 Å². The minimum Gasteiger partial charge on any atom is -0.256 e. The molecule has 15 heavy (non-hydrogen) atoms. The molecule has 0 aliphatic carbocycles. The monoisotopic (exact) mass is 307 g/mol. The van der Waals surface area contributed by atoms with E-state index in [2.05, 4.69) is 39.7 Å². The van der Waals surface area contributed by atoms with Crippen LogP contribution in [0.3, 0.4) is 0 Å². The first-order chi connectivity index (χ1) is 7.36. The Morgan fingerprint density at radius 2 is 1.53 bits per heavy atom. The van der Waals surface area contributed by atoms with E-state index in [4.69, 9.17) is 0 Å². The van der Waals surface area contributed by atoms with Crippen LogP contribution in [0, 0.1) is 3.57 Å². The molecule has 2 rings (SSSR count). The minimum atomic E-state index is 0.983. The Morgan fingerprint density at radius 1 is 0.867 bits per heavy atom. The first-order valence-corrected chi connectivity index (χ1v) is 5.78. The average Bonchev–Trinajstić information content (AvgIpc) is 2.29. The number of benzene rings is 2. The summed E-state index contributed by atoms with van der Waals surface area (Å²) in [5.41, 5.74) is 2.14. The molecule has 0 amide bonds. The van der Waals surface area contributed by atoms with Crippen molar-refractivity contribution in [3.8, 4) is 0 Å². The van der Waals surface area contributed by atoms with Gasteiger partial charge in [-0.3, -0.25) is 4.99 Å². The number of nitrogens with zero attached hydrogens (tertiary/aromatic N) is 1. The molecule has 0 bridgehead atoms. The molecular weight excluding hydrogens is 297 g/mol. The van der Waals surface area contributed by atoms with Gasteiger partial charge in [-0.25, -0.2) is 0 Å². The minimum absolute atomic E-state index is 0.983. The Balaban J connectivity index is 2.23. The number of hydrogen-bond donors (Lipinski definition) is 0. The van der Waals surface area contributed by atoms with Gasteiger partial charge in [0.1, 0.15) is 0 Å². The molecule has 2 aromatic carbocycles. The first kappa shape index (κ1) is 10.4. The molecule has 0 aliphatic rings. The summed E-state index contributed by atoms with van der Waals surface area (Å²) in [5.74, 6) is 0. The second-order valence-corrected chi connectivity index (χ2v) is 4.28. The fraction of sp³-hybridized carbons (Fsp3) is 0. The van der Waals surface area contributed by atoms with Gasteiger partial charge in [0.2, 0.25) is 0 Å². The van der Waals surface area contributed by atoms with Gasteiger partial charge in [0.05, 0.1) is 5.69 Å². The summed E-state index contributed by atoms with van der Waals surface area (Å²) >= 11 is 2.31. The lowest BCUT2D eigenvalue weighted by Gasteiger charge is -1.96. The molecule has 0 heterocycles. The van der Waals surface area contributed by atoms with E-state index in [1.165, 1.54) is 3.57 Å². The zero-order valence-electron chi connectivity index (χ0n) is 8.10. The van der Waals surface area contributed by atoms with Gasteiger partial charge in [-0.2, -0.15) is 0 Å². The van der Waals surface area contributed by atoms with Crippen LogP contribution in [0.4, 0.5) is 5.69 Å². The van der Waals surface area contributed by atoms with Crippen molar-refractivity contribution in [2.45, 2.75) is 0 Å². The van der Waals surface area contributed by atoms with Crippen molar-refractivity contribution in [2.75, 3.05) is 0 Å². The van der Waals surface area contributed by atoms with Crippen LogP contribution in [0.15, 0.2) is 59.6 Å². The summed E-state index contributed by atoms with van der Waals surface area (Å²) in [4.78, 5) is 4.41. The molecule has 0 spiro atoms. The Labute approximate surface area is 103 Å². The summed E-state index contributed by atoms with van der Waals surface area (Å²) in [7, 11) is 0. The van der Waals surface area contributed by atoms with Crippen LogP contribution in [0.2, 0.25) is 0 Å². The highest BCUT2D eigenvalue weighted by molar-refractivity contribution is 14.1. The highest BCUT2D eigenvalue weighted by Gasteiger charge is 1.93.